The van der Waals surface area contributed by atoms with E-state index in [0.29, 0.717) is 37.4 Å². The molecule has 0 saturated heterocycles. The molecule has 0 spiro atoms. The predicted octanol–water partition coefficient (Wildman–Crippen LogP) is 7.53. The van der Waals surface area contributed by atoms with Gasteiger partial charge in [0.05, 0.1) is 15.1 Å². The molecule has 1 heterocycles. The van der Waals surface area contributed by atoms with Gasteiger partial charge < -0.3 is 4.74 Å². The maximum absolute atomic E-state index is 11.5. The quantitative estimate of drug-likeness (QED) is 0.119. The molecule has 4 rings (SSSR count). The maximum Gasteiger partial charge on any atom is 0.220 e. The Morgan fingerprint density at radius 3 is 2.50 bits per heavy atom. The van der Waals surface area contributed by atoms with Gasteiger partial charge in [-0.25, -0.2) is 0 Å². The molecule has 0 bridgehead atoms. The first-order valence-electron chi connectivity index (χ1n) is 10.8. The summed E-state index contributed by atoms with van der Waals surface area (Å²) in [6.45, 7) is 3.77. The molecule has 0 unspecified atom stereocenters. The number of hydrogen-bond donors (Lipinski definition) is 0. The second-order valence-electron chi connectivity index (χ2n) is 8.05. The summed E-state index contributed by atoms with van der Waals surface area (Å²) in [4.78, 5) is 11.2. The van der Waals surface area contributed by atoms with Crippen molar-refractivity contribution in [3.8, 4) is 11.4 Å². The Balaban J connectivity index is 1.57. The fourth-order valence-corrected chi connectivity index (χ4v) is 5.31. The smallest absolute Gasteiger partial charge is 0.220 e. The van der Waals surface area contributed by atoms with Gasteiger partial charge >= 0.3 is 0 Å². The molecule has 11 heteroatoms. The van der Waals surface area contributed by atoms with Crippen molar-refractivity contribution in [2.75, 3.05) is 6.54 Å². The Morgan fingerprint density at radius 1 is 1.00 bits per heavy atom. The first-order valence-corrected chi connectivity index (χ1v) is 12.9. The number of aryl methyl sites for hydroxylation is 2. The third-order valence-electron chi connectivity index (χ3n) is 5.32. The van der Waals surface area contributed by atoms with Gasteiger partial charge in [-0.3, -0.25) is 14.7 Å². The van der Waals surface area contributed by atoms with E-state index in [1.165, 1.54) is 11.8 Å². The zero-order valence-corrected chi connectivity index (χ0v) is 22.4. The second kappa shape index (κ2) is 11.5. The number of aromatic nitrogens is 3. The van der Waals surface area contributed by atoms with Crippen molar-refractivity contribution in [1.29, 1.82) is 0 Å². The second-order valence-corrected chi connectivity index (χ2v) is 10.4. The van der Waals surface area contributed by atoms with Gasteiger partial charge in [-0.05, 0) is 66.9 Å². The number of nitrogens with zero attached hydrogens (tertiary/aromatic N) is 4. The first-order chi connectivity index (χ1) is 17.2. The summed E-state index contributed by atoms with van der Waals surface area (Å²) < 4.78 is 7.73. The van der Waals surface area contributed by atoms with Gasteiger partial charge in [0, 0.05) is 10.6 Å². The fraction of sp³-hybridized carbons (Fsp3) is 0.200. The van der Waals surface area contributed by atoms with Gasteiger partial charge in [0.15, 0.2) is 5.16 Å². The van der Waals surface area contributed by atoms with Crippen molar-refractivity contribution in [2.45, 2.75) is 30.9 Å². The monoisotopic (exact) mass is 562 g/mol. The molecule has 0 radical (unpaired) electrons. The highest BCUT2D eigenvalue weighted by molar-refractivity contribution is 7.99. The molecular formula is C25H21Cl3N4O3S. The van der Waals surface area contributed by atoms with Crippen LogP contribution in [0.1, 0.15) is 27.8 Å². The zero-order chi connectivity index (χ0) is 25.8. The zero-order valence-electron chi connectivity index (χ0n) is 19.3. The van der Waals surface area contributed by atoms with E-state index in [0.717, 1.165) is 16.8 Å². The molecule has 7 nitrogen and oxygen atoms in total. The summed E-state index contributed by atoms with van der Waals surface area (Å²) >= 11 is 19.8. The van der Waals surface area contributed by atoms with Crippen molar-refractivity contribution < 1.29 is 9.66 Å². The molecule has 0 aliphatic heterocycles. The average molecular weight is 564 g/mol. The SMILES string of the molecule is Cc1cccc(-n2c(C)nnc2S[C@H](C[N+](=O)[O-])c2ccc(OCc3ccc(Cl)c(Cl)c3)c(Cl)c2)c1. The number of hydrogen-bond acceptors (Lipinski definition) is 6. The molecule has 186 valence electrons. The van der Waals surface area contributed by atoms with E-state index in [2.05, 4.69) is 10.2 Å². The van der Waals surface area contributed by atoms with Gasteiger partial charge in [-0.2, -0.15) is 0 Å². The molecule has 4 aromatic rings. The third-order valence-corrected chi connectivity index (χ3v) is 7.54. The van der Waals surface area contributed by atoms with Crippen LogP contribution in [-0.4, -0.2) is 26.2 Å². The molecule has 1 atom stereocenters. The van der Waals surface area contributed by atoms with Crippen LogP contribution in [0.25, 0.3) is 5.69 Å². The summed E-state index contributed by atoms with van der Waals surface area (Å²) in [6, 6.07) is 18.3. The number of ether oxygens (including phenoxy) is 1. The lowest BCUT2D eigenvalue weighted by Crippen LogP contribution is -2.11. The number of nitro groups is 1. The molecule has 0 amide bonds. The topological polar surface area (TPSA) is 83.1 Å². The minimum absolute atomic E-state index is 0.238. The van der Waals surface area contributed by atoms with E-state index >= 15 is 0 Å². The standard InChI is InChI=1S/C25H21Cl3N4O3S/c1-15-4-3-5-19(10-15)32-16(2)29-30-25(32)36-24(13-31(33)34)18-7-9-23(22(28)12-18)35-14-17-6-8-20(26)21(27)11-17/h3-12,24H,13-14H2,1-2H3/t24-/m1/s1. The summed E-state index contributed by atoms with van der Waals surface area (Å²) in [5.74, 6) is 1.14. The Kier molecular flexibility index (Phi) is 8.41. The fourth-order valence-electron chi connectivity index (χ4n) is 3.58. The van der Waals surface area contributed by atoms with E-state index in [1.807, 2.05) is 48.7 Å². The van der Waals surface area contributed by atoms with Crippen LogP contribution in [0.2, 0.25) is 15.1 Å². The van der Waals surface area contributed by atoms with E-state index < -0.39 is 5.25 Å². The first kappa shape index (κ1) is 26.3. The van der Waals surface area contributed by atoms with Crippen molar-refractivity contribution in [3.05, 3.63) is 108 Å². The Bertz CT molecular complexity index is 1410. The Hall–Kier alpha value is -2.78. The number of benzene rings is 3. The van der Waals surface area contributed by atoms with Crippen LogP contribution in [0.15, 0.2) is 65.8 Å². The van der Waals surface area contributed by atoms with Crippen LogP contribution in [0.5, 0.6) is 5.75 Å². The summed E-state index contributed by atoms with van der Waals surface area (Å²) in [5.41, 5.74) is 3.49. The minimum atomic E-state index is -0.547. The molecule has 3 aromatic carbocycles. The largest absolute Gasteiger partial charge is 0.487 e. The van der Waals surface area contributed by atoms with Crippen LogP contribution < -0.4 is 4.74 Å². The highest BCUT2D eigenvalue weighted by atomic mass is 35.5. The highest BCUT2D eigenvalue weighted by Gasteiger charge is 2.24. The maximum atomic E-state index is 11.5. The Labute approximate surface area is 227 Å². The summed E-state index contributed by atoms with van der Waals surface area (Å²) in [6.07, 6.45) is 0. The van der Waals surface area contributed by atoms with Crippen LogP contribution >= 0.6 is 46.6 Å². The van der Waals surface area contributed by atoms with E-state index in [1.54, 1.807) is 30.3 Å². The lowest BCUT2D eigenvalue weighted by atomic mass is 10.1. The van der Waals surface area contributed by atoms with Crippen LogP contribution in [0.4, 0.5) is 0 Å². The average Bonchev–Trinajstić information content (AvgIpc) is 3.19. The van der Waals surface area contributed by atoms with Gasteiger partial charge in [-0.15, -0.1) is 10.2 Å². The van der Waals surface area contributed by atoms with Gasteiger partial charge in [0.25, 0.3) is 0 Å². The predicted molar refractivity (Wildman–Crippen MR) is 144 cm³/mol. The molecule has 0 N–H and O–H groups in total. The number of halogens is 3. The van der Waals surface area contributed by atoms with E-state index in [9.17, 15) is 10.1 Å². The Morgan fingerprint density at radius 2 is 1.81 bits per heavy atom. The summed E-state index contributed by atoms with van der Waals surface area (Å²) in [5, 5.41) is 21.3. The van der Waals surface area contributed by atoms with Crippen molar-refractivity contribution in [1.82, 2.24) is 14.8 Å². The minimum Gasteiger partial charge on any atom is -0.487 e. The third kappa shape index (κ3) is 6.31. The number of thioether (sulfide) groups is 1. The van der Waals surface area contributed by atoms with Crippen molar-refractivity contribution in [3.63, 3.8) is 0 Å². The van der Waals surface area contributed by atoms with Crippen LogP contribution in [0.3, 0.4) is 0 Å². The molecular weight excluding hydrogens is 543 g/mol. The molecule has 36 heavy (non-hydrogen) atoms. The van der Waals surface area contributed by atoms with Crippen LogP contribution in [0, 0.1) is 24.0 Å². The molecule has 0 aliphatic rings. The molecule has 1 aromatic heterocycles. The lowest BCUT2D eigenvalue weighted by molar-refractivity contribution is -0.479. The molecule has 0 fully saturated rings. The van der Waals surface area contributed by atoms with Crippen LogP contribution in [-0.2, 0) is 6.61 Å². The van der Waals surface area contributed by atoms with Gasteiger partial charge in [0.2, 0.25) is 6.54 Å². The lowest BCUT2D eigenvalue weighted by Gasteiger charge is -2.16. The summed E-state index contributed by atoms with van der Waals surface area (Å²) in [7, 11) is 0. The van der Waals surface area contributed by atoms with Gasteiger partial charge in [-0.1, -0.05) is 70.8 Å². The number of rotatable bonds is 9. The molecule has 0 aliphatic carbocycles. The van der Waals surface area contributed by atoms with Gasteiger partial charge in [0.1, 0.15) is 23.4 Å². The molecule has 0 saturated carbocycles. The normalized spacial score (nSPS) is 11.9. The van der Waals surface area contributed by atoms with Crippen molar-refractivity contribution >= 4 is 46.6 Å². The van der Waals surface area contributed by atoms with E-state index in [-0.39, 0.29) is 18.1 Å². The highest BCUT2D eigenvalue weighted by Crippen LogP contribution is 2.39. The van der Waals surface area contributed by atoms with Crippen molar-refractivity contribution in [2.24, 2.45) is 0 Å². The van der Waals surface area contributed by atoms with E-state index in [4.69, 9.17) is 39.5 Å².